The first-order valence-electron chi connectivity index (χ1n) is 7.38. The van der Waals surface area contributed by atoms with Gasteiger partial charge in [-0.3, -0.25) is 4.57 Å². The highest BCUT2D eigenvalue weighted by molar-refractivity contribution is 7.91. The molecule has 2 aliphatic rings. The number of rotatable bonds is 6. The zero-order chi connectivity index (χ0) is 14.2. The quantitative estimate of drug-likeness (QED) is 0.755. The van der Waals surface area contributed by atoms with Crippen molar-refractivity contribution in [2.75, 3.05) is 5.75 Å². The number of allylic oxidation sites excluding steroid dienone is 1. The SMILES string of the molecule is C=CCn1c(C2CC2)nnc1S(=O)(=O)CC1CCCC1. The summed E-state index contributed by atoms with van der Waals surface area (Å²) < 4.78 is 26.9. The molecule has 1 aromatic heterocycles. The van der Waals surface area contributed by atoms with Gasteiger partial charge in [-0.05, 0) is 31.6 Å². The Hall–Kier alpha value is -1.17. The maximum atomic E-state index is 12.6. The van der Waals surface area contributed by atoms with E-state index in [2.05, 4.69) is 16.8 Å². The molecule has 0 aliphatic heterocycles. The van der Waals surface area contributed by atoms with Crippen molar-refractivity contribution in [1.29, 1.82) is 0 Å². The van der Waals surface area contributed by atoms with Crippen LogP contribution in [0.2, 0.25) is 0 Å². The molecule has 0 spiro atoms. The Morgan fingerprint density at radius 3 is 2.50 bits per heavy atom. The fraction of sp³-hybridized carbons (Fsp3) is 0.714. The molecule has 2 aliphatic carbocycles. The smallest absolute Gasteiger partial charge is 0.250 e. The Morgan fingerprint density at radius 1 is 1.20 bits per heavy atom. The Balaban J connectivity index is 1.89. The largest absolute Gasteiger partial charge is 0.298 e. The van der Waals surface area contributed by atoms with E-state index in [-0.39, 0.29) is 10.9 Å². The van der Waals surface area contributed by atoms with Crippen molar-refractivity contribution in [2.24, 2.45) is 5.92 Å². The minimum Gasteiger partial charge on any atom is -0.298 e. The van der Waals surface area contributed by atoms with Gasteiger partial charge in [0, 0.05) is 12.5 Å². The second kappa shape index (κ2) is 5.31. The number of sulfone groups is 1. The van der Waals surface area contributed by atoms with Gasteiger partial charge in [0.2, 0.25) is 15.0 Å². The van der Waals surface area contributed by atoms with Gasteiger partial charge in [-0.1, -0.05) is 18.9 Å². The van der Waals surface area contributed by atoms with Gasteiger partial charge in [0.15, 0.2) is 0 Å². The van der Waals surface area contributed by atoms with Crippen LogP contribution in [0, 0.1) is 5.92 Å². The van der Waals surface area contributed by atoms with Crippen LogP contribution in [0.1, 0.15) is 50.3 Å². The summed E-state index contributed by atoms with van der Waals surface area (Å²) in [7, 11) is -3.34. The summed E-state index contributed by atoms with van der Waals surface area (Å²) in [6, 6.07) is 0. The average molecular weight is 295 g/mol. The van der Waals surface area contributed by atoms with Crippen LogP contribution in [0.3, 0.4) is 0 Å². The maximum absolute atomic E-state index is 12.6. The van der Waals surface area contributed by atoms with Gasteiger partial charge in [0.05, 0.1) is 5.75 Å². The van der Waals surface area contributed by atoms with E-state index in [1.165, 1.54) is 0 Å². The number of nitrogens with zero attached hydrogens (tertiary/aromatic N) is 3. The lowest BCUT2D eigenvalue weighted by molar-refractivity contribution is 0.541. The lowest BCUT2D eigenvalue weighted by Gasteiger charge is -2.11. The molecule has 6 heteroatoms. The fourth-order valence-electron chi connectivity index (χ4n) is 3.04. The summed E-state index contributed by atoms with van der Waals surface area (Å²) in [5.41, 5.74) is 0. The lowest BCUT2D eigenvalue weighted by Crippen LogP contribution is -2.19. The molecular formula is C14H21N3O2S. The van der Waals surface area contributed by atoms with Crippen molar-refractivity contribution >= 4 is 9.84 Å². The number of aromatic nitrogens is 3. The van der Waals surface area contributed by atoms with Crippen molar-refractivity contribution in [2.45, 2.75) is 56.1 Å². The first-order valence-corrected chi connectivity index (χ1v) is 9.04. The monoisotopic (exact) mass is 295 g/mol. The third kappa shape index (κ3) is 2.66. The third-order valence-corrected chi connectivity index (χ3v) is 5.98. The van der Waals surface area contributed by atoms with E-state index in [0.29, 0.717) is 18.4 Å². The van der Waals surface area contributed by atoms with Gasteiger partial charge >= 0.3 is 0 Å². The summed E-state index contributed by atoms with van der Waals surface area (Å²) >= 11 is 0. The summed E-state index contributed by atoms with van der Waals surface area (Å²) in [5.74, 6) is 1.71. The molecule has 3 rings (SSSR count). The Kier molecular flexibility index (Phi) is 3.67. The van der Waals surface area contributed by atoms with E-state index in [9.17, 15) is 8.42 Å². The van der Waals surface area contributed by atoms with Crippen LogP contribution in [0.25, 0.3) is 0 Å². The van der Waals surface area contributed by atoms with Crippen LogP contribution < -0.4 is 0 Å². The number of hydrogen-bond donors (Lipinski definition) is 0. The zero-order valence-electron chi connectivity index (χ0n) is 11.7. The minimum absolute atomic E-state index is 0.145. The van der Waals surface area contributed by atoms with Crippen LogP contribution in [0.5, 0.6) is 0 Å². The molecule has 20 heavy (non-hydrogen) atoms. The third-order valence-electron chi connectivity index (χ3n) is 4.21. The minimum atomic E-state index is -3.34. The van der Waals surface area contributed by atoms with Gasteiger partial charge < -0.3 is 0 Å². The molecule has 2 saturated carbocycles. The molecule has 1 aromatic rings. The number of hydrogen-bond acceptors (Lipinski definition) is 4. The average Bonchev–Trinajstić information content (AvgIpc) is 2.95. The van der Waals surface area contributed by atoms with Crippen molar-refractivity contribution in [1.82, 2.24) is 14.8 Å². The van der Waals surface area contributed by atoms with Crippen molar-refractivity contribution in [3.05, 3.63) is 18.5 Å². The molecule has 0 N–H and O–H groups in total. The van der Waals surface area contributed by atoms with Gasteiger partial charge in [-0.2, -0.15) is 0 Å². The standard InChI is InChI=1S/C14H21N3O2S/c1-2-9-17-13(12-7-8-12)15-16-14(17)20(18,19)10-11-5-3-4-6-11/h2,11-12H,1,3-10H2. The van der Waals surface area contributed by atoms with Crippen LogP contribution in [0.4, 0.5) is 0 Å². The van der Waals surface area contributed by atoms with Crippen molar-refractivity contribution < 1.29 is 8.42 Å². The second-order valence-electron chi connectivity index (χ2n) is 5.95. The molecule has 0 amide bonds. The van der Waals surface area contributed by atoms with Gasteiger partial charge in [-0.25, -0.2) is 8.42 Å². The fourth-order valence-corrected chi connectivity index (χ4v) is 4.81. The lowest BCUT2D eigenvalue weighted by atomic mass is 10.1. The van der Waals surface area contributed by atoms with Gasteiger partial charge in [0.1, 0.15) is 5.82 Å². The topological polar surface area (TPSA) is 64.8 Å². The first kappa shape index (κ1) is 13.8. The molecule has 0 unspecified atom stereocenters. The molecule has 0 saturated heterocycles. The van der Waals surface area contributed by atoms with Crippen molar-refractivity contribution in [3.63, 3.8) is 0 Å². The van der Waals surface area contributed by atoms with E-state index < -0.39 is 9.84 Å². The molecule has 0 aromatic carbocycles. The van der Waals surface area contributed by atoms with E-state index in [4.69, 9.17) is 0 Å². The van der Waals surface area contributed by atoms with E-state index >= 15 is 0 Å². The maximum Gasteiger partial charge on any atom is 0.250 e. The van der Waals surface area contributed by atoms with Crippen molar-refractivity contribution in [3.8, 4) is 0 Å². The molecule has 110 valence electrons. The second-order valence-corrected chi connectivity index (χ2v) is 7.87. The van der Waals surface area contributed by atoms with Crippen LogP contribution >= 0.6 is 0 Å². The predicted octanol–water partition coefficient (Wildman–Crippen LogP) is 2.31. The molecular weight excluding hydrogens is 274 g/mol. The Morgan fingerprint density at radius 2 is 1.90 bits per heavy atom. The molecule has 1 heterocycles. The highest BCUT2D eigenvalue weighted by Crippen LogP contribution is 2.39. The summed E-state index contributed by atoms with van der Waals surface area (Å²) in [6.07, 6.45) is 8.20. The normalized spacial score (nSPS) is 20.4. The summed E-state index contributed by atoms with van der Waals surface area (Å²) in [6.45, 7) is 4.18. The van der Waals surface area contributed by atoms with E-state index in [0.717, 1.165) is 44.3 Å². The van der Waals surface area contributed by atoms with Crippen LogP contribution in [-0.4, -0.2) is 28.9 Å². The van der Waals surface area contributed by atoms with Crippen LogP contribution in [-0.2, 0) is 16.4 Å². The van der Waals surface area contributed by atoms with E-state index in [1.807, 2.05) is 0 Å². The molecule has 0 atom stereocenters. The molecule has 0 bridgehead atoms. The summed E-state index contributed by atoms with van der Waals surface area (Å²) in [5, 5.41) is 8.26. The van der Waals surface area contributed by atoms with E-state index in [1.54, 1.807) is 10.6 Å². The highest BCUT2D eigenvalue weighted by Gasteiger charge is 2.34. The van der Waals surface area contributed by atoms with Gasteiger partial charge in [0.25, 0.3) is 0 Å². The molecule has 5 nitrogen and oxygen atoms in total. The zero-order valence-corrected chi connectivity index (χ0v) is 12.5. The Labute approximate surface area is 120 Å². The Bertz CT molecular complexity index is 596. The summed E-state index contributed by atoms with van der Waals surface area (Å²) in [4.78, 5) is 0. The predicted molar refractivity (Wildman–Crippen MR) is 76.2 cm³/mol. The highest BCUT2D eigenvalue weighted by atomic mass is 32.2. The first-order chi connectivity index (χ1) is 9.62. The van der Waals surface area contributed by atoms with Gasteiger partial charge in [-0.15, -0.1) is 16.8 Å². The molecule has 2 fully saturated rings. The molecule has 0 radical (unpaired) electrons. The van der Waals surface area contributed by atoms with Crippen LogP contribution in [0.15, 0.2) is 17.8 Å².